The van der Waals surface area contributed by atoms with Gasteiger partial charge in [0.15, 0.2) is 18.1 Å². The summed E-state index contributed by atoms with van der Waals surface area (Å²) in [6.07, 6.45) is 0. The van der Waals surface area contributed by atoms with Crippen LogP contribution in [0.25, 0.3) is 11.3 Å². The van der Waals surface area contributed by atoms with Gasteiger partial charge in [0, 0.05) is 5.56 Å². The van der Waals surface area contributed by atoms with E-state index in [4.69, 9.17) is 14.0 Å². The number of benzene rings is 2. The number of rotatable bonds is 7. The van der Waals surface area contributed by atoms with E-state index in [-0.39, 0.29) is 12.2 Å². The first-order chi connectivity index (χ1) is 14.1. The van der Waals surface area contributed by atoms with E-state index in [1.807, 2.05) is 43.3 Å². The van der Waals surface area contributed by atoms with Crippen LogP contribution >= 0.6 is 0 Å². The Kier molecular flexibility index (Phi) is 6.47. The number of carbonyl (C=O) groups excluding carboxylic acids is 2. The zero-order valence-electron chi connectivity index (χ0n) is 16.1. The predicted molar refractivity (Wildman–Crippen MR) is 105 cm³/mol. The van der Waals surface area contributed by atoms with Crippen LogP contribution < -0.4 is 20.3 Å². The highest BCUT2D eigenvalue weighted by atomic mass is 16.5. The third-order valence-corrected chi connectivity index (χ3v) is 3.96. The summed E-state index contributed by atoms with van der Waals surface area (Å²) in [6.45, 7) is 3.67. The average Bonchev–Trinajstić information content (AvgIpc) is 3.13. The van der Waals surface area contributed by atoms with Crippen LogP contribution in [0.5, 0.6) is 11.5 Å². The molecule has 0 radical (unpaired) electrons. The zero-order valence-corrected chi connectivity index (χ0v) is 16.1. The number of aromatic nitrogens is 1. The summed E-state index contributed by atoms with van der Waals surface area (Å²) in [5, 5.41) is 3.95. The van der Waals surface area contributed by atoms with Crippen molar-refractivity contribution in [1.82, 2.24) is 16.0 Å². The smallest absolute Gasteiger partial charge is 0.276 e. The van der Waals surface area contributed by atoms with E-state index in [1.54, 1.807) is 25.1 Å². The highest BCUT2D eigenvalue weighted by molar-refractivity contribution is 6.01. The third-order valence-electron chi connectivity index (χ3n) is 3.96. The van der Waals surface area contributed by atoms with Crippen LogP contribution in [0.1, 0.15) is 23.0 Å². The van der Waals surface area contributed by atoms with Gasteiger partial charge < -0.3 is 14.0 Å². The molecule has 29 heavy (non-hydrogen) atoms. The van der Waals surface area contributed by atoms with Gasteiger partial charge in [-0.15, -0.1) is 0 Å². The third kappa shape index (κ3) is 4.92. The van der Waals surface area contributed by atoms with Gasteiger partial charge in [-0.2, -0.15) is 0 Å². The zero-order chi connectivity index (χ0) is 20.6. The standard InChI is InChI=1S/C21H21N3O5/c1-3-27-16-11-7-8-12-17(16)28-13-18(25)22-23-21(26)19-14(2)29-24-20(19)15-9-5-4-6-10-15/h4-12H,3,13H2,1-2H3,(H,22,25)(H,23,26). The van der Waals surface area contributed by atoms with Crippen molar-refractivity contribution in [1.29, 1.82) is 0 Å². The van der Waals surface area contributed by atoms with Gasteiger partial charge in [0.25, 0.3) is 11.8 Å². The molecule has 0 aliphatic carbocycles. The summed E-state index contributed by atoms with van der Waals surface area (Å²) in [6, 6.07) is 16.2. The Bertz CT molecular complexity index is 985. The molecule has 3 aromatic rings. The van der Waals surface area contributed by atoms with Crippen molar-refractivity contribution < 1.29 is 23.6 Å². The number of amides is 2. The summed E-state index contributed by atoms with van der Waals surface area (Å²) in [7, 11) is 0. The fourth-order valence-electron chi connectivity index (χ4n) is 2.65. The lowest BCUT2D eigenvalue weighted by molar-refractivity contribution is -0.123. The van der Waals surface area contributed by atoms with Gasteiger partial charge in [-0.1, -0.05) is 47.6 Å². The van der Waals surface area contributed by atoms with Crippen molar-refractivity contribution >= 4 is 11.8 Å². The number of carbonyl (C=O) groups is 2. The van der Waals surface area contributed by atoms with E-state index in [0.29, 0.717) is 29.6 Å². The van der Waals surface area contributed by atoms with Crippen molar-refractivity contribution in [3.63, 3.8) is 0 Å². The van der Waals surface area contributed by atoms with Gasteiger partial charge in [0.05, 0.1) is 6.61 Å². The SMILES string of the molecule is CCOc1ccccc1OCC(=O)NNC(=O)c1c(-c2ccccc2)noc1C. The molecule has 2 amide bonds. The Morgan fingerprint density at radius 2 is 1.62 bits per heavy atom. The second kappa shape index (κ2) is 9.41. The van der Waals surface area contributed by atoms with Crippen LogP contribution in [-0.2, 0) is 4.79 Å². The van der Waals surface area contributed by atoms with Crippen molar-refractivity contribution in [2.75, 3.05) is 13.2 Å². The van der Waals surface area contributed by atoms with Crippen LogP contribution in [0.3, 0.4) is 0 Å². The van der Waals surface area contributed by atoms with Crippen molar-refractivity contribution in [2.24, 2.45) is 0 Å². The molecule has 0 bridgehead atoms. The van der Waals surface area contributed by atoms with Crippen molar-refractivity contribution in [3.05, 3.63) is 65.9 Å². The van der Waals surface area contributed by atoms with Gasteiger partial charge in [-0.05, 0) is 26.0 Å². The number of ether oxygens (including phenoxy) is 2. The molecule has 2 aromatic carbocycles. The van der Waals surface area contributed by atoms with Gasteiger partial charge in [-0.3, -0.25) is 20.4 Å². The van der Waals surface area contributed by atoms with Gasteiger partial charge in [0.1, 0.15) is 17.0 Å². The van der Waals surface area contributed by atoms with Gasteiger partial charge >= 0.3 is 0 Å². The second-order valence-electron chi connectivity index (χ2n) is 6.00. The van der Waals surface area contributed by atoms with E-state index >= 15 is 0 Å². The Morgan fingerprint density at radius 3 is 2.31 bits per heavy atom. The molecule has 0 unspecified atom stereocenters. The highest BCUT2D eigenvalue weighted by Gasteiger charge is 2.22. The fourth-order valence-corrected chi connectivity index (χ4v) is 2.65. The molecule has 0 fully saturated rings. The number of hydrazine groups is 1. The number of nitrogens with one attached hydrogen (secondary N) is 2. The van der Waals surface area contributed by atoms with Crippen molar-refractivity contribution in [2.45, 2.75) is 13.8 Å². The molecule has 150 valence electrons. The molecule has 1 aromatic heterocycles. The fraction of sp³-hybridized carbons (Fsp3) is 0.190. The van der Waals surface area contributed by atoms with Crippen LogP contribution in [0.4, 0.5) is 0 Å². The molecular weight excluding hydrogens is 374 g/mol. The minimum Gasteiger partial charge on any atom is -0.490 e. The number of aryl methyl sites for hydroxylation is 1. The number of nitrogens with zero attached hydrogens (tertiary/aromatic N) is 1. The maximum Gasteiger partial charge on any atom is 0.276 e. The number of hydrogen-bond donors (Lipinski definition) is 2. The van der Waals surface area contributed by atoms with E-state index in [1.165, 1.54) is 0 Å². The molecule has 8 nitrogen and oxygen atoms in total. The first-order valence-electron chi connectivity index (χ1n) is 9.05. The average molecular weight is 395 g/mol. The van der Waals surface area contributed by atoms with E-state index in [0.717, 1.165) is 5.56 Å². The van der Waals surface area contributed by atoms with Crippen LogP contribution in [0.15, 0.2) is 59.1 Å². The molecule has 8 heteroatoms. The first kappa shape index (κ1) is 19.9. The summed E-state index contributed by atoms with van der Waals surface area (Å²) < 4.78 is 16.1. The molecule has 0 spiro atoms. The van der Waals surface area contributed by atoms with E-state index < -0.39 is 11.8 Å². The quantitative estimate of drug-likeness (QED) is 0.597. The summed E-state index contributed by atoms with van der Waals surface area (Å²) >= 11 is 0. The summed E-state index contributed by atoms with van der Waals surface area (Å²) in [5.41, 5.74) is 6.07. The van der Waals surface area contributed by atoms with Crippen molar-refractivity contribution in [3.8, 4) is 22.8 Å². The lowest BCUT2D eigenvalue weighted by Gasteiger charge is -2.12. The van der Waals surface area contributed by atoms with E-state index in [9.17, 15) is 9.59 Å². The molecular formula is C21H21N3O5. The molecule has 0 atom stereocenters. The minimum atomic E-state index is -0.536. The van der Waals surface area contributed by atoms with Gasteiger partial charge in [0.2, 0.25) is 0 Å². The Balaban J connectivity index is 1.59. The van der Waals surface area contributed by atoms with Crippen LogP contribution in [0, 0.1) is 6.92 Å². The molecule has 2 N–H and O–H groups in total. The normalized spacial score (nSPS) is 10.3. The maximum atomic E-state index is 12.6. The van der Waals surface area contributed by atoms with Gasteiger partial charge in [-0.25, -0.2) is 0 Å². The lowest BCUT2D eigenvalue weighted by atomic mass is 10.1. The van der Waals surface area contributed by atoms with Crippen LogP contribution in [0.2, 0.25) is 0 Å². The Morgan fingerprint density at radius 1 is 0.966 bits per heavy atom. The van der Waals surface area contributed by atoms with E-state index in [2.05, 4.69) is 16.0 Å². The topological polar surface area (TPSA) is 103 Å². The predicted octanol–water partition coefficient (Wildman–Crippen LogP) is 2.89. The highest BCUT2D eigenvalue weighted by Crippen LogP contribution is 2.26. The number of para-hydroxylation sites is 2. The maximum absolute atomic E-state index is 12.6. The molecule has 0 aliphatic rings. The summed E-state index contributed by atoms with van der Waals surface area (Å²) in [5.74, 6) is 0.264. The largest absolute Gasteiger partial charge is 0.490 e. The number of hydrogen-bond acceptors (Lipinski definition) is 6. The molecule has 0 saturated heterocycles. The monoisotopic (exact) mass is 395 g/mol. The molecule has 1 heterocycles. The Labute approximate surface area is 167 Å². The first-order valence-corrected chi connectivity index (χ1v) is 9.05. The molecule has 0 saturated carbocycles. The lowest BCUT2D eigenvalue weighted by Crippen LogP contribution is -2.44. The Hall–Kier alpha value is -3.81. The summed E-state index contributed by atoms with van der Waals surface area (Å²) in [4.78, 5) is 24.6. The molecule has 0 aliphatic heterocycles. The molecule has 3 rings (SSSR count). The van der Waals surface area contributed by atoms with Crippen LogP contribution in [-0.4, -0.2) is 30.2 Å². The minimum absolute atomic E-state index is 0.249. The second-order valence-corrected chi connectivity index (χ2v) is 6.00.